The van der Waals surface area contributed by atoms with E-state index in [0.717, 1.165) is 25.1 Å². The topological polar surface area (TPSA) is 71.8 Å². The van der Waals surface area contributed by atoms with Gasteiger partial charge in [0.05, 0.1) is 5.69 Å². The van der Waals surface area contributed by atoms with E-state index in [1.807, 2.05) is 0 Å². The minimum Gasteiger partial charge on any atom is -0.299 e. The van der Waals surface area contributed by atoms with Gasteiger partial charge in [-0.15, -0.1) is 0 Å². The number of aromatic nitrogens is 3. The van der Waals surface area contributed by atoms with Gasteiger partial charge in [-0.2, -0.15) is 5.10 Å². The molecule has 0 saturated carbocycles. The van der Waals surface area contributed by atoms with E-state index < -0.39 is 0 Å². The highest BCUT2D eigenvalue weighted by molar-refractivity contribution is 5.81. The van der Waals surface area contributed by atoms with Crippen molar-refractivity contribution in [1.29, 1.82) is 0 Å². The molecule has 3 rings (SSSR count). The van der Waals surface area contributed by atoms with Gasteiger partial charge in [0.25, 0.3) is 5.91 Å². The van der Waals surface area contributed by atoms with Gasteiger partial charge in [0.1, 0.15) is 24.0 Å². The second kappa shape index (κ2) is 5.28. The molecule has 2 heterocycles. The Morgan fingerprint density at radius 2 is 2.15 bits per heavy atom. The van der Waals surface area contributed by atoms with Crippen LogP contribution in [0, 0.1) is 5.82 Å². The van der Waals surface area contributed by atoms with Crippen molar-refractivity contribution in [2.75, 3.05) is 5.43 Å². The van der Waals surface area contributed by atoms with E-state index in [2.05, 4.69) is 20.9 Å². The molecule has 0 aliphatic carbocycles. The molecular weight excluding hydrogens is 261 g/mol. The highest BCUT2D eigenvalue weighted by Gasteiger charge is 2.27. The minimum absolute atomic E-state index is 0.180. The molecule has 7 heteroatoms. The Kier molecular flexibility index (Phi) is 3.32. The summed E-state index contributed by atoms with van der Waals surface area (Å²) in [6.07, 6.45) is 3.95. The first-order chi connectivity index (χ1) is 9.74. The molecule has 20 heavy (non-hydrogen) atoms. The number of amides is 1. The summed E-state index contributed by atoms with van der Waals surface area (Å²) in [6, 6.07) is 5.40. The van der Waals surface area contributed by atoms with Gasteiger partial charge in [-0.3, -0.25) is 15.6 Å². The van der Waals surface area contributed by atoms with Crippen molar-refractivity contribution in [3.8, 4) is 0 Å². The number of fused-ring (bicyclic) bond motifs is 1. The summed E-state index contributed by atoms with van der Waals surface area (Å²) in [4.78, 5) is 16.3. The van der Waals surface area contributed by atoms with Gasteiger partial charge in [0.15, 0.2) is 0 Å². The van der Waals surface area contributed by atoms with Crippen molar-refractivity contribution in [2.45, 2.75) is 25.3 Å². The first kappa shape index (κ1) is 12.6. The Morgan fingerprint density at radius 3 is 2.95 bits per heavy atom. The molecule has 0 spiro atoms. The van der Waals surface area contributed by atoms with Crippen LogP contribution in [0.5, 0.6) is 0 Å². The number of nitrogens with one attached hydrogen (secondary N) is 2. The van der Waals surface area contributed by atoms with E-state index in [1.165, 1.54) is 18.5 Å². The van der Waals surface area contributed by atoms with Crippen molar-refractivity contribution < 1.29 is 9.18 Å². The summed E-state index contributed by atoms with van der Waals surface area (Å²) in [7, 11) is 0. The van der Waals surface area contributed by atoms with E-state index in [4.69, 9.17) is 0 Å². The molecule has 0 radical (unpaired) electrons. The van der Waals surface area contributed by atoms with Crippen LogP contribution >= 0.6 is 0 Å². The fraction of sp³-hybridized carbons (Fsp3) is 0.308. The lowest BCUT2D eigenvalue weighted by atomic mass is 10.0. The molecule has 0 fully saturated rings. The van der Waals surface area contributed by atoms with E-state index in [0.29, 0.717) is 5.69 Å². The van der Waals surface area contributed by atoms with Crippen molar-refractivity contribution in [2.24, 2.45) is 0 Å². The molecule has 1 aromatic heterocycles. The summed E-state index contributed by atoms with van der Waals surface area (Å²) < 4.78 is 14.4. The number of halogens is 1. The Balaban J connectivity index is 1.64. The second-order valence-corrected chi connectivity index (χ2v) is 4.65. The molecule has 104 valence electrons. The number of anilines is 1. The summed E-state index contributed by atoms with van der Waals surface area (Å²) in [5, 5.41) is 4.09. The zero-order valence-corrected chi connectivity index (χ0v) is 10.7. The maximum absolute atomic E-state index is 12.8. The SMILES string of the molecule is O=C(NNc1ccc(F)cc1)C1CCCc2ncnn21. The largest absolute Gasteiger partial charge is 0.299 e. The molecule has 0 saturated heterocycles. The standard InChI is InChI=1S/C13H14FN5O/c14-9-4-6-10(7-5-9)17-18-13(20)11-2-1-3-12-15-8-16-19(11)12/h4-8,11,17H,1-3H2,(H,18,20). The predicted molar refractivity (Wildman–Crippen MR) is 70.2 cm³/mol. The van der Waals surface area contributed by atoms with Crippen LogP contribution in [0.15, 0.2) is 30.6 Å². The number of nitrogens with zero attached hydrogens (tertiary/aromatic N) is 3. The number of aryl methyl sites for hydroxylation is 1. The third-order valence-corrected chi connectivity index (χ3v) is 3.30. The lowest BCUT2D eigenvalue weighted by Crippen LogP contribution is -2.38. The average Bonchev–Trinajstić information content (AvgIpc) is 2.94. The maximum Gasteiger partial charge on any atom is 0.263 e. The van der Waals surface area contributed by atoms with Gasteiger partial charge in [0, 0.05) is 6.42 Å². The molecule has 1 aliphatic heterocycles. The summed E-state index contributed by atoms with van der Waals surface area (Å²) in [5.74, 6) is 0.334. The molecular formula is C13H14FN5O. The van der Waals surface area contributed by atoms with Crippen molar-refractivity contribution in [1.82, 2.24) is 20.2 Å². The van der Waals surface area contributed by atoms with Crippen LogP contribution in [0.3, 0.4) is 0 Å². The fourth-order valence-corrected chi connectivity index (χ4v) is 2.28. The molecule has 6 nitrogen and oxygen atoms in total. The van der Waals surface area contributed by atoms with Crippen LogP contribution in [-0.2, 0) is 11.2 Å². The highest BCUT2D eigenvalue weighted by atomic mass is 19.1. The van der Waals surface area contributed by atoms with Crippen LogP contribution in [-0.4, -0.2) is 20.7 Å². The zero-order chi connectivity index (χ0) is 13.9. The number of benzene rings is 1. The number of carbonyl (C=O) groups is 1. The molecule has 1 amide bonds. The van der Waals surface area contributed by atoms with Gasteiger partial charge >= 0.3 is 0 Å². The summed E-state index contributed by atoms with van der Waals surface area (Å²) >= 11 is 0. The first-order valence-electron chi connectivity index (χ1n) is 6.44. The normalized spacial score (nSPS) is 17.4. The molecule has 1 aromatic carbocycles. The van der Waals surface area contributed by atoms with Crippen LogP contribution in [0.4, 0.5) is 10.1 Å². The Labute approximate surface area is 115 Å². The number of rotatable bonds is 3. The van der Waals surface area contributed by atoms with Gasteiger partial charge in [0.2, 0.25) is 0 Å². The number of carbonyl (C=O) groups excluding carboxylic acids is 1. The van der Waals surface area contributed by atoms with Crippen molar-refractivity contribution in [3.05, 3.63) is 42.2 Å². The van der Waals surface area contributed by atoms with Crippen LogP contribution < -0.4 is 10.9 Å². The molecule has 2 N–H and O–H groups in total. The Morgan fingerprint density at radius 1 is 1.35 bits per heavy atom. The minimum atomic E-state index is -0.353. The van der Waals surface area contributed by atoms with Gasteiger partial charge in [-0.1, -0.05) is 0 Å². The Hall–Kier alpha value is -2.44. The van der Waals surface area contributed by atoms with Crippen molar-refractivity contribution >= 4 is 11.6 Å². The predicted octanol–water partition coefficient (Wildman–Crippen LogP) is 1.44. The number of hydrogen-bond donors (Lipinski definition) is 2. The molecule has 1 unspecified atom stereocenters. The summed E-state index contributed by atoms with van der Waals surface area (Å²) in [6.45, 7) is 0. The highest BCUT2D eigenvalue weighted by Crippen LogP contribution is 2.22. The van der Waals surface area contributed by atoms with E-state index in [9.17, 15) is 9.18 Å². The lowest BCUT2D eigenvalue weighted by molar-refractivity contribution is -0.124. The molecule has 2 aromatic rings. The van der Waals surface area contributed by atoms with E-state index >= 15 is 0 Å². The molecule has 1 atom stereocenters. The third kappa shape index (κ3) is 2.47. The Bertz CT molecular complexity index is 609. The third-order valence-electron chi connectivity index (χ3n) is 3.30. The quantitative estimate of drug-likeness (QED) is 0.831. The van der Waals surface area contributed by atoms with Crippen LogP contribution in [0.1, 0.15) is 24.7 Å². The number of hydrogen-bond acceptors (Lipinski definition) is 4. The van der Waals surface area contributed by atoms with Crippen LogP contribution in [0.25, 0.3) is 0 Å². The van der Waals surface area contributed by atoms with Crippen molar-refractivity contribution in [3.63, 3.8) is 0 Å². The maximum atomic E-state index is 12.8. The lowest BCUT2D eigenvalue weighted by Gasteiger charge is -2.22. The van der Waals surface area contributed by atoms with Gasteiger partial charge in [-0.25, -0.2) is 14.1 Å². The fourth-order valence-electron chi connectivity index (χ4n) is 2.28. The average molecular weight is 275 g/mol. The number of hydrazine groups is 1. The monoisotopic (exact) mass is 275 g/mol. The second-order valence-electron chi connectivity index (χ2n) is 4.65. The van der Waals surface area contributed by atoms with E-state index in [1.54, 1.807) is 16.8 Å². The summed E-state index contributed by atoms with van der Waals surface area (Å²) in [5.41, 5.74) is 6.00. The zero-order valence-electron chi connectivity index (χ0n) is 10.7. The van der Waals surface area contributed by atoms with Gasteiger partial charge in [-0.05, 0) is 37.1 Å². The first-order valence-corrected chi connectivity index (χ1v) is 6.44. The molecule has 1 aliphatic rings. The molecule has 0 bridgehead atoms. The van der Waals surface area contributed by atoms with Crippen LogP contribution in [0.2, 0.25) is 0 Å². The smallest absolute Gasteiger partial charge is 0.263 e. The van der Waals surface area contributed by atoms with E-state index in [-0.39, 0.29) is 17.8 Å². The van der Waals surface area contributed by atoms with Gasteiger partial charge < -0.3 is 0 Å².